The maximum atomic E-state index is 14.3. The number of likely N-dealkylation sites (tertiary alicyclic amines) is 1. The Labute approximate surface area is 329 Å². The van der Waals surface area contributed by atoms with Gasteiger partial charge in [0, 0.05) is 32.7 Å². The van der Waals surface area contributed by atoms with Gasteiger partial charge in [-0.2, -0.15) is 0 Å². The summed E-state index contributed by atoms with van der Waals surface area (Å²) in [6.45, 7) is 16.1. The molecule has 13 heteroatoms. The molecule has 1 saturated heterocycles. The number of carbonyl (C=O) groups is 5. The minimum atomic E-state index is -1.16. The quantitative estimate of drug-likeness (QED) is 0.157. The van der Waals surface area contributed by atoms with Crippen LogP contribution in [0.2, 0.25) is 0 Å². The lowest BCUT2D eigenvalue weighted by molar-refractivity contribution is -0.150. The number of nitrogens with zero attached hydrogens (tertiary/aromatic N) is 2. The summed E-state index contributed by atoms with van der Waals surface area (Å²) < 4.78 is 17.5. The topological polar surface area (TPSA) is 156 Å². The number of likely N-dealkylation sites (N-methyl/N-ethyl adjacent to an activating group) is 2. The zero-order valence-corrected chi connectivity index (χ0v) is 35.3. The third-order valence-electron chi connectivity index (χ3n) is 11.9. The molecule has 55 heavy (non-hydrogen) atoms. The number of nitrogens with one attached hydrogen (secondary N) is 3. The van der Waals surface area contributed by atoms with E-state index < -0.39 is 47.6 Å². The third kappa shape index (κ3) is 10.7. The number of rotatable bonds is 21. The average Bonchev–Trinajstić information content (AvgIpc) is 3.67. The zero-order valence-electron chi connectivity index (χ0n) is 35.3. The second-order valence-electron chi connectivity index (χ2n) is 16.2. The number of carbonyl (C=O) groups excluding carboxylic acids is 5. The van der Waals surface area contributed by atoms with Crippen LogP contribution in [0, 0.1) is 23.7 Å². The van der Waals surface area contributed by atoms with Crippen LogP contribution < -0.4 is 16.0 Å². The maximum Gasteiger partial charge on any atom is 0.332 e. The Balaban J connectivity index is 1.81. The van der Waals surface area contributed by atoms with E-state index in [9.17, 15) is 24.0 Å². The number of hydrogen-bond acceptors (Lipinski definition) is 10. The number of imide groups is 1. The van der Waals surface area contributed by atoms with E-state index in [-0.39, 0.29) is 66.5 Å². The molecule has 1 aliphatic heterocycles. The highest BCUT2D eigenvalue weighted by atomic mass is 16.5. The van der Waals surface area contributed by atoms with Crippen molar-refractivity contribution in [1.29, 1.82) is 0 Å². The minimum Gasteiger partial charge on any atom is -0.464 e. The van der Waals surface area contributed by atoms with Gasteiger partial charge in [-0.1, -0.05) is 85.2 Å². The van der Waals surface area contributed by atoms with Gasteiger partial charge in [-0.3, -0.25) is 29.4 Å². The smallest absolute Gasteiger partial charge is 0.332 e. The number of hydrogen-bond donors (Lipinski definition) is 3. The van der Waals surface area contributed by atoms with E-state index in [0.29, 0.717) is 19.4 Å². The van der Waals surface area contributed by atoms with Crippen LogP contribution >= 0.6 is 0 Å². The molecule has 1 aliphatic carbocycles. The maximum absolute atomic E-state index is 14.3. The molecule has 0 unspecified atom stereocenters. The Morgan fingerprint density at radius 1 is 0.927 bits per heavy atom. The van der Waals surface area contributed by atoms with Crippen molar-refractivity contribution in [2.75, 3.05) is 41.5 Å². The summed E-state index contributed by atoms with van der Waals surface area (Å²) in [5.41, 5.74) is -0.202. The van der Waals surface area contributed by atoms with Gasteiger partial charge < -0.3 is 29.7 Å². The first-order chi connectivity index (χ1) is 26.0. The summed E-state index contributed by atoms with van der Waals surface area (Å²) in [7, 11) is 6.70. The molecule has 4 amide bonds. The Hall–Kier alpha value is -3.39. The van der Waals surface area contributed by atoms with Gasteiger partial charge in [0.15, 0.2) is 0 Å². The summed E-state index contributed by atoms with van der Waals surface area (Å²) in [5.74, 6) is -2.70. The highest BCUT2D eigenvalue weighted by Gasteiger charge is 2.63. The van der Waals surface area contributed by atoms with Gasteiger partial charge in [-0.25, -0.2) is 4.79 Å². The molecule has 310 valence electrons. The summed E-state index contributed by atoms with van der Waals surface area (Å²) in [5, 5.41) is 8.69. The number of esters is 1. The predicted molar refractivity (Wildman–Crippen MR) is 212 cm³/mol. The predicted octanol–water partition coefficient (Wildman–Crippen LogP) is 3.90. The molecule has 10 atom stereocenters. The van der Waals surface area contributed by atoms with Gasteiger partial charge in [0.25, 0.3) is 0 Å². The molecule has 0 bridgehead atoms. The Bertz CT molecular complexity index is 1440. The van der Waals surface area contributed by atoms with Crippen LogP contribution in [0.1, 0.15) is 99.0 Å². The van der Waals surface area contributed by atoms with Crippen molar-refractivity contribution < 1.29 is 38.2 Å². The molecule has 0 radical (unpaired) electrons. The molecule has 3 N–H and O–H groups in total. The monoisotopic (exact) mass is 772 g/mol. The molecular formula is C42H69N5O8. The van der Waals surface area contributed by atoms with Crippen LogP contribution in [-0.4, -0.2) is 123 Å². The van der Waals surface area contributed by atoms with Crippen LogP contribution in [0.4, 0.5) is 0 Å². The lowest BCUT2D eigenvalue weighted by atomic mass is 9.87. The number of ether oxygens (including phenoxy) is 3. The fraction of sp³-hybridized carbons (Fsp3) is 0.738. The van der Waals surface area contributed by atoms with Crippen LogP contribution in [0.25, 0.3) is 0 Å². The molecule has 0 aromatic heterocycles. The van der Waals surface area contributed by atoms with E-state index in [1.807, 2.05) is 70.0 Å². The Morgan fingerprint density at radius 2 is 1.58 bits per heavy atom. The van der Waals surface area contributed by atoms with E-state index in [1.54, 1.807) is 40.0 Å². The molecule has 0 spiro atoms. The van der Waals surface area contributed by atoms with Crippen LogP contribution in [0.3, 0.4) is 0 Å². The van der Waals surface area contributed by atoms with Crippen molar-refractivity contribution in [1.82, 2.24) is 25.8 Å². The van der Waals surface area contributed by atoms with Gasteiger partial charge in [-0.15, -0.1) is 0 Å². The lowest BCUT2D eigenvalue weighted by Crippen LogP contribution is -2.60. The van der Waals surface area contributed by atoms with Crippen molar-refractivity contribution in [2.24, 2.45) is 23.7 Å². The van der Waals surface area contributed by atoms with Crippen LogP contribution in [0.15, 0.2) is 30.3 Å². The highest BCUT2D eigenvalue weighted by Crippen LogP contribution is 2.52. The third-order valence-corrected chi connectivity index (χ3v) is 11.9. The van der Waals surface area contributed by atoms with Gasteiger partial charge in [0.1, 0.15) is 5.54 Å². The van der Waals surface area contributed by atoms with E-state index in [4.69, 9.17) is 14.2 Å². The van der Waals surface area contributed by atoms with Crippen molar-refractivity contribution in [3.63, 3.8) is 0 Å². The Morgan fingerprint density at radius 3 is 2.11 bits per heavy atom. The Kier molecular flexibility index (Phi) is 17.3. The largest absolute Gasteiger partial charge is 0.464 e. The number of methoxy groups -OCH3 is 2. The van der Waals surface area contributed by atoms with E-state index in [0.717, 1.165) is 18.4 Å². The van der Waals surface area contributed by atoms with Crippen molar-refractivity contribution >= 4 is 29.6 Å². The first-order valence-electron chi connectivity index (χ1n) is 20.2. The highest BCUT2D eigenvalue weighted by molar-refractivity contribution is 6.00. The van der Waals surface area contributed by atoms with Gasteiger partial charge in [0.05, 0.1) is 49.3 Å². The molecular weight excluding hydrogens is 702 g/mol. The number of benzene rings is 1. The van der Waals surface area contributed by atoms with E-state index >= 15 is 0 Å². The first-order valence-corrected chi connectivity index (χ1v) is 20.2. The average molecular weight is 772 g/mol. The molecule has 13 nitrogen and oxygen atoms in total. The minimum absolute atomic E-state index is 0.0132. The standard InChI is InChI=1S/C42H69N5O8/c1-13-27(7)36(46(10)35(26(5)6)40(51)44-39(50)34(43-9)25(3)4)32(53-11)23-33(48)47-22-18-21-31(47)37(54-12)28(8)38(49)45-42(41(52)55-14-2)24-30(42)29-19-16-15-17-20-29/h15-17,19-20,25-28,30-32,34-37,43H,13-14,18,21-24H2,1-12H3,(H,45,49)(H,44,50,51)/t27-,28+,30+,31-,32+,34-,35-,36-,37+,42-/m0/s1. The first kappa shape index (κ1) is 46.0. The normalized spacial score (nSPS) is 23.4. The molecule has 1 heterocycles. The summed E-state index contributed by atoms with van der Waals surface area (Å²) in [6.07, 6.45) is 1.45. The van der Waals surface area contributed by atoms with Crippen molar-refractivity contribution in [3.05, 3.63) is 35.9 Å². The fourth-order valence-electron chi connectivity index (χ4n) is 8.73. The lowest BCUT2D eigenvalue weighted by Gasteiger charge is -2.43. The van der Waals surface area contributed by atoms with Gasteiger partial charge in [0.2, 0.25) is 23.6 Å². The molecule has 3 rings (SSSR count). The van der Waals surface area contributed by atoms with Crippen LogP contribution in [-0.2, 0) is 38.2 Å². The molecule has 2 fully saturated rings. The second kappa shape index (κ2) is 20.7. The zero-order chi connectivity index (χ0) is 41.2. The summed E-state index contributed by atoms with van der Waals surface area (Å²) in [4.78, 5) is 72.1. The summed E-state index contributed by atoms with van der Waals surface area (Å²) >= 11 is 0. The molecule has 2 aliphatic rings. The van der Waals surface area contributed by atoms with Crippen LogP contribution in [0.5, 0.6) is 0 Å². The molecule has 1 saturated carbocycles. The second-order valence-corrected chi connectivity index (χ2v) is 16.2. The van der Waals surface area contributed by atoms with Crippen molar-refractivity contribution in [2.45, 2.75) is 135 Å². The van der Waals surface area contributed by atoms with E-state index in [1.165, 1.54) is 0 Å². The SMILES string of the molecule is CCOC(=O)[C@]1(NC(=O)[C@H](C)[C@@H](OC)[C@@H]2CCCN2C(=O)C[C@@H](OC)[C@H]([C@@H](C)CC)N(C)[C@H](C(=O)NC(=O)[C@@H](NC)C(C)C)C(C)C)C[C@@H]1c1ccccc1. The molecule has 1 aromatic carbocycles. The van der Waals surface area contributed by atoms with E-state index in [2.05, 4.69) is 29.8 Å². The molecule has 1 aromatic rings. The van der Waals surface area contributed by atoms with Gasteiger partial charge in [-0.05, 0) is 63.6 Å². The van der Waals surface area contributed by atoms with Gasteiger partial charge >= 0.3 is 5.97 Å². The summed E-state index contributed by atoms with van der Waals surface area (Å²) in [6, 6.07) is 7.73. The fourth-order valence-corrected chi connectivity index (χ4v) is 8.73. The van der Waals surface area contributed by atoms with Crippen molar-refractivity contribution in [3.8, 4) is 0 Å². The number of amides is 4.